The summed E-state index contributed by atoms with van der Waals surface area (Å²) in [7, 11) is 0.640. The van der Waals surface area contributed by atoms with Crippen molar-refractivity contribution in [2.45, 2.75) is 50.7 Å². The predicted molar refractivity (Wildman–Crippen MR) is 102 cm³/mol. The third-order valence-electron chi connectivity index (χ3n) is 5.92. The fraction of sp³-hybridized carbons (Fsp3) is 0.429. The van der Waals surface area contributed by atoms with Crippen molar-refractivity contribution in [1.29, 1.82) is 0 Å². The number of benzene rings is 2. The Morgan fingerprint density at radius 3 is 1.79 bits per heavy atom. The molecule has 1 N–H and O–H groups in total. The normalized spacial score (nSPS) is 26.6. The summed E-state index contributed by atoms with van der Waals surface area (Å²) in [5, 5.41) is 11.3. The molecule has 0 spiro atoms. The van der Waals surface area contributed by atoms with Gasteiger partial charge in [0, 0.05) is 0 Å². The smallest absolute Gasteiger partial charge is 0.146 e. The zero-order valence-electron chi connectivity index (χ0n) is 15.1. The zero-order valence-corrected chi connectivity index (χ0v) is 17.1. The van der Waals surface area contributed by atoms with Gasteiger partial charge < -0.3 is 9.53 Å². The summed E-state index contributed by atoms with van der Waals surface area (Å²) in [6.07, 6.45) is 1.16. The molecule has 0 radical (unpaired) electrons. The first-order chi connectivity index (χ1) is 11.4. The van der Waals surface area contributed by atoms with Crippen LogP contribution in [0.5, 0.6) is 0 Å². The molecule has 2 nitrogen and oxygen atoms in total. The van der Waals surface area contributed by atoms with E-state index in [4.69, 9.17) is 4.43 Å². The molecule has 1 aliphatic carbocycles. The van der Waals surface area contributed by atoms with E-state index < -0.39 is 17.1 Å². The maximum atomic E-state index is 11.3. The van der Waals surface area contributed by atoms with Crippen molar-refractivity contribution in [1.82, 2.24) is 0 Å². The van der Waals surface area contributed by atoms with Crippen LogP contribution in [0.3, 0.4) is 0 Å². The minimum Gasteiger partial charge on any atom is -0.421 e. The lowest BCUT2D eigenvalue weighted by molar-refractivity contribution is -0.0831. The Hall–Kier alpha value is -1.42. The average molecular weight is 341 g/mol. The second-order valence-electron chi connectivity index (χ2n) is 7.88. The van der Waals surface area contributed by atoms with Crippen LogP contribution in [-0.2, 0) is 9.84 Å². The Labute approximate surface area is 148 Å². The van der Waals surface area contributed by atoms with Gasteiger partial charge in [0.2, 0.25) is 0 Å². The summed E-state index contributed by atoms with van der Waals surface area (Å²) < 4.78 is 6.44. The first-order valence-corrected chi connectivity index (χ1v) is 9.56. The maximum absolute atomic E-state index is 11.3. The Kier molecular flexibility index (Phi) is 4.45. The lowest BCUT2D eigenvalue weighted by Crippen LogP contribution is -2.61. The molecule has 2 aromatic rings. The Balaban J connectivity index is 2.39. The van der Waals surface area contributed by atoms with Gasteiger partial charge in [-0.15, -0.1) is 0 Å². The average Bonchev–Trinajstić information content (AvgIpc) is 2.90. The van der Waals surface area contributed by atoms with Crippen molar-refractivity contribution < 1.29 is 9.53 Å². The van der Waals surface area contributed by atoms with Crippen molar-refractivity contribution in [3.05, 3.63) is 71.8 Å². The van der Waals surface area contributed by atoms with E-state index in [2.05, 4.69) is 69.3 Å². The van der Waals surface area contributed by atoms with E-state index in [1.807, 2.05) is 12.1 Å². The predicted octanol–water partition coefficient (Wildman–Crippen LogP) is 3.21. The lowest BCUT2D eigenvalue weighted by atomic mass is 9.56. The van der Waals surface area contributed by atoms with Gasteiger partial charge in [-0.2, -0.15) is 0 Å². The SMILES string of the molecule is CC(C)(C)C1(O[SiH3])CCC(O)C1(c1ccccc1)c1ccccc1. The van der Waals surface area contributed by atoms with Crippen LogP contribution in [0, 0.1) is 5.41 Å². The van der Waals surface area contributed by atoms with E-state index in [-0.39, 0.29) is 5.41 Å². The number of hydrogen-bond donors (Lipinski definition) is 1. The number of rotatable bonds is 3. The van der Waals surface area contributed by atoms with Crippen LogP contribution in [0.2, 0.25) is 0 Å². The highest BCUT2D eigenvalue weighted by Crippen LogP contribution is 2.60. The number of aliphatic hydroxyl groups excluding tert-OH is 1. The molecule has 3 heteroatoms. The summed E-state index contributed by atoms with van der Waals surface area (Å²) in [5.41, 5.74) is 1.22. The molecule has 0 saturated heterocycles. The van der Waals surface area contributed by atoms with Gasteiger partial charge in [0.05, 0.1) is 17.1 Å². The largest absolute Gasteiger partial charge is 0.421 e. The molecule has 2 unspecified atom stereocenters. The van der Waals surface area contributed by atoms with Crippen molar-refractivity contribution in [3.63, 3.8) is 0 Å². The van der Waals surface area contributed by atoms with Gasteiger partial charge >= 0.3 is 0 Å². The molecule has 1 aliphatic rings. The molecule has 0 aliphatic heterocycles. The quantitative estimate of drug-likeness (QED) is 0.870. The van der Waals surface area contributed by atoms with Crippen LogP contribution < -0.4 is 0 Å². The molecule has 2 atom stereocenters. The summed E-state index contributed by atoms with van der Waals surface area (Å²) in [4.78, 5) is 0. The van der Waals surface area contributed by atoms with Gasteiger partial charge in [-0.25, -0.2) is 0 Å². The monoisotopic (exact) mass is 340 g/mol. The molecule has 0 aromatic heterocycles. The fourth-order valence-electron chi connectivity index (χ4n) is 4.98. The van der Waals surface area contributed by atoms with E-state index in [1.54, 1.807) is 0 Å². The molecule has 2 aromatic carbocycles. The van der Waals surface area contributed by atoms with Gasteiger partial charge in [-0.3, -0.25) is 0 Å². The van der Waals surface area contributed by atoms with E-state index in [0.717, 1.165) is 24.0 Å². The van der Waals surface area contributed by atoms with Gasteiger partial charge in [-0.1, -0.05) is 81.4 Å². The minimum atomic E-state index is -0.546. The van der Waals surface area contributed by atoms with Crippen LogP contribution in [0.1, 0.15) is 44.7 Å². The molecule has 0 heterocycles. The van der Waals surface area contributed by atoms with E-state index in [1.165, 1.54) is 0 Å². The molecular formula is C21H28O2Si. The fourth-order valence-corrected chi connectivity index (χ4v) is 6.12. The maximum Gasteiger partial charge on any atom is 0.146 e. The Morgan fingerprint density at radius 1 is 0.958 bits per heavy atom. The van der Waals surface area contributed by atoms with Crippen LogP contribution >= 0.6 is 0 Å². The third kappa shape index (κ3) is 2.22. The number of aliphatic hydroxyl groups is 1. The summed E-state index contributed by atoms with van der Waals surface area (Å²) >= 11 is 0. The standard InChI is InChI=1S/C21H28O2Si/c1-19(2,3)20(23-24)15-14-18(22)21(20,16-10-6-4-7-11-16)17-12-8-5-9-13-17/h4-13,18,22H,14-15H2,1-3,24H3. The molecule has 0 bridgehead atoms. The molecule has 0 amide bonds. The van der Waals surface area contributed by atoms with Crippen molar-refractivity contribution >= 4 is 10.5 Å². The van der Waals surface area contributed by atoms with E-state index >= 15 is 0 Å². The first kappa shape index (κ1) is 17.4. The topological polar surface area (TPSA) is 29.5 Å². The minimum absolute atomic E-state index is 0.0993. The van der Waals surface area contributed by atoms with Gasteiger partial charge in [0.1, 0.15) is 10.5 Å². The van der Waals surface area contributed by atoms with Crippen LogP contribution in [0.25, 0.3) is 0 Å². The van der Waals surface area contributed by atoms with Gasteiger partial charge in [0.25, 0.3) is 0 Å². The highest BCUT2D eigenvalue weighted by molar-refractivity contribution is 5.98. The Morgan fingerprint density at radius 2 is 1.42 bits per heavy atom. The Bertz CT molecular complexity index is 638. The lowest BCUT2D eigenvalue weighted by Gasteiger charge is -2.55. The van der Waals surface area contributed by atoms with Crippen LogP contribution in [0.4, 0.5) is 0 Å². The van der Waals surface area contributed by atoms with E-state index in [9.17, 15) is 5.11 Å². The second kappa shape index (κ2) is 6.14. The van der Waals surface area contributed by atoms with Crippen molar-refractivity contribution in [2.75, 3.05) is 0 Å². The molecule has 128 valence electrons. The van der Waals surface area contributed by atoms with E-state index in [0.29, 0.717) is 10.5 Å². The molecule has 1 saturated carbocycles. The second-order valence-corrected chi connectivity index (χ2v) is 8.28. The molecule has 24 heavy (non-hydrogen) atoms. The third-order valence-corrected chi connectivity index (χ3v) is 6.62. The van der Waals surface area contributed by atoms with Gasteiger partial charge in [-0.05, 0) is 29.4 Å². The molecule has 1 fully saturated rings. The summed E-state index contributed by atoms with van der Waals surface area (Å²) in [5.74, 6) is 0. The van der Waals surface area contributed by atoms with Crippen molar-refractivity contribution in [3.8, 4) is 0 Å². The zero-order chi connectivity index (χ0) is 17.4. The highest BCUT2D eigenvalue weighted by Gasteiger charge is 2.66. The van der Waals surface area contributed by atoms with Crippen LogP contribution in [-0.4, -0.2) is 27.3 Å². The number of hydrogen-bond acceptors (Lipinski definition) is 2. The first-order valence-electron chi connectivity index (χ1n) is 8.74. The highest BCUT2D eigenvalue weighted by atomic mass is 28.2. The van der Waals surface area contributed by atoms with Crippen molar-refractivity contribution in [2.24, 2.45) is 5.41 Å². The molecular weight excluding hydrogens is 312 g/mol. The molecule has 3 rings (SSSR count). The van der Waals surface area contributed by atoms with Gasteiger partial charge in [0.15, 0.2) is 0 Å². The summed E-state index contributed by atoms with van der Waals surface area (Å²) in [6, 6.07) is 20.9. The van der Waals surface area contributed by atoms with Crippen LogP contribution in [0.15, 0.2) is 60.7 Å². The summed E-state index contributed by atoms with van der Waals surface area (Å²) in [6.45, 7) is 6.72.